The zero-order chi connectivity index (χ0) is 23.9. The van der Waals surface area contributed by atoms with Crippen molar-refractivity contribution in [3.8, 4) is 0 Å². The topological polar surface area (TPSA) is 228 Å². The summed E-state index contributed by atoms with van der Waals surface area (Å²) in [5.74, 6) is 0. The van der Waals surface area contributed by atoms with Crippen molar-refractivity contribution in [1.29, 1.82) is 0 Å². The number of ether oxygens (including phenoxy) is 5. The van der Waals surface area contributed by atoms with Gasteiger partial charge in [-0.25, -0.2) is 0 Å². The highest BCUT2D eigenvalue weighted by Crippen LogP contribution is 2.32. The van der Waals surface area contributed by atoms with Crippen LogP contribution in [0.2, 0.25) is 0 Å². The van der Waals surface area contributed by atoms with Crippen molar-refractivity contribution in [1.82, 2.24) is 0 Å². The van der Waals surface area contributed by atoms with Crippen molar-refractivity contribution in [2.24, 2.45) is 0 Å². The van der Waals surface area contributed by atoms with E-state index in [0.717, 1.165) is 0 Å². The van der Waals surface area contributed by atoms with Crippen LogP contribution in [0.1, 0.15) is 13.8 Å². The summed E-state index contributed by atoms with van der Waals surface area (Å²) in [5.41, 5.74) is 0. The molecule has 3 fully saturated rings. The van der Waals surface area contributed by atoms with Crippen LogP contribution in [0.15, 0.2) is 0 Å². The third-order valence-electron chi connectivity index (χ3n) is 6.02. The first-order chi connectivity index (χ1) is 15.0. The van der Waals surface area contributed by atoms with E-state index in [0.29, 0.717) is 0 Å². The van der Waals surface area contributed by atoms with Crippen molar-refractivity contribution >= 4 is 0 Å². The maximum absolute atomic E-state index is 10.6. The summed E-state index contributed by atoms with van der Waals surface area (Å²) in [7, 11) is 0. The first kappa shape index (κ1) is 26.1. The SMILES string of the molecule is C[C@@H]1O[C@@H](O[C@@H]2[C@@H](O)[C@H](CO)O[C@@H](O)[C@@H]2O[C@@H]2O[C@@H](C)[C@H](O)[C@@H](O)[C@H]2O)[C@H](O)[C@H](O)[C@H]1O. The minimum Gasteiger partial charge on any atom is -0.394 e. The average molecular weight is 472 g/mol. The molecule has 0 amide bonds. The highest BCUT2D eigenvalue weighted by molar-refractivity contribution is 4.95. The molecule has 0 aliphatic carbocycles. The van der Waals surface area contributed by atoms with Crippen molar-refractivity contribution in [3.63, 3.8) is 0 Å². The van der Waals surface area contributed by atoms with Gasteiger partial charge in [-0.05, 0) is 13.8 Å². The first-order valence-corrected chi connectivity index (χ1v) is 10.3. The largest absolute Gasteiger partial charge is 0.394 e. The molecule has 0 aromatic rings. The van der Waals surface area contributed by atoms with Gasteiger partial charge in [-0.3, -0.25) is 0 Å². The molecule has 0 aromatic heterocycles. The third-order valence-corrected chi connectivity index (χ3v) is 6.02. The second-order valence-electron chi connectivity index (χ2n) is 8.30. The molecule has 0 bridgehead atoms. The van der Waals surface area contributed by atoms with E-state index in [9.17, 15) is 46.0 Å². The summed E-state index contributed by atoms with van der Waals surface area (Å²) in [5, 5.41) is 90.6. The maximum Gasteiger partial charge on any atom is 0.187 e. The molecule has 188 valence electrons. The summed E-state index contributed by atoms with van der Waals surface area (Å²) < 4.78 is 27.0. The minimum atomic E-state index is -1.83. The Morgan fingerprint density at radius 1 is 0.562 bits per heavy atom. The van der Waals surface area contributed by atoms with Gasteiger partial charge < -0.3 is 69.6 Å². The second-order valence-corrected chi connectivity index (χ2v) is 8.30. The van der Waals surface area contributed by atoms with E-state index >= 15 is 0 Å². The summed E-state index contributed by atoms with van der Waals surface area (Å²) in [6.07, 6.45) is -22.6. The Hall–Kier alpha value is -0.560. The van der Waals surface area contributed by atoms with Crippen LogP contribution in [0.4, 0.5) is 0 Å². The van der Waals surface area contributed by atoms with Crippen molar-refractivity contribution in [3.05, 3.63) is 0 Å². The molecule has 9 N–H and O–H groups in total. The quantitative estimate of drug-likeness (QED) is 0.182. The standard InChI is InChI=1S/C18H32O14/c1-4-7(20)10(23)12(25)17(28-4)31-14-9(22)6(3-19)30-16(27)15(14)32-18-13(26)11(24)8(21)5(2)29-18/h4-27H,3H2,1-2H3/t4-,5-,6-,7-,8-,9-,10+,11+,12+,13+,14+,15+,16+,17-,18-/m0/s1. The van der Waals surface area contributed by atoms with E-state index in [1.807, 2.05) is 0 Å². The summed E-state index contributed by atoms with van der Waals surface area (Å²) in [6.45, 7) is 2.10. The Morgan fingerprint density at radius 2 is 1.00 bits per heavy atom. The molecule has 0 aromatic carbocycles. The molecule has 0 unspecified atom stereocenters. The van der Waals surface area contributed by atoms with E-state index in [2.05, 4.69) is 0 Å². The number of hydrogen-bond acceptors (Lipinski definition) is 14. The van der Waals surface area contributed by atoms with Crippen LogP contribution in [-0.4, -0.2) is 145 Å². The first-order valence-electron chi connectivity index (χ1n) is 10.3. The summed E-state index contributed by atoms with van der Waals surface area (Å²) in [4.78, 5) is 0. The van der Waals surface area contributed by atoms with Crippen LogP contribution in [0.25, 0.3) is 0 Å². The van der Waals surface area contributed by atoms with Crippen molar-refractivity contribution in [2.45, 2.75) is 106 Å². The Balaban J connectivity index is 1.81. The van der Waals surface area contributed by atoms with Crippen LogP contribution < -0.4 is 0 Å². The molecular weight excluding hydrogens is 440 g/mol. The maximum atomic E-state index is 10.6. The van der Waals surface area contributed by atoms with Crippen molar-refractivity contribution in [2.75, 3.05) is 6.61 Å². The molecular formula is C18H32O14. The van der Waals surface area contributed by atoms with E-state index < -0.39 is 98.7 Å². The van der Waals surface area contributed by atoms with Crippen LogP contribution in [0.5, 0.6) is 0 Å². The lowest BCUT2D eigenvalue weighted by Crippen LogP contribution is -2.66. The van der Waals surface area contributed by atoms with Gasteiger partial charge >= 0.3 is 0 Å². The Kier molecular flexibility index (Phi) is 8.44. The number of aliphatic hydroxyl groups excluding tert-OH is 9. The Bertz CT molecular complexity index is 610. The normalized spacial score (nSPS) is 55.0. The molecule has 3 heterocycles. The molecule has 3 aliphatic rings. The number of aliphatic hydroxyl groups is 9. The van der Waals surface area contributed by atoms with E-state index in [1.165, 1.54) is 13.8 Å². The van der Waals surface area contributed by atoms with Crippen LogP contribution in [0.3, 0.4) is 0 Å². The van der Waals surface area contributed by atoms with Gasteiger partial charge in [0.2, 0.25) is 0 Å². The molecule has 3 saturated heterocycles. The molecule has 14 nitrogen and oxygen atoms in total. The molecule has 15 atom stereocenters. The van der Waals surface area contributed by atoms with Gasteiger partial charge in [-0.15, -0.1) is 0 Å². The van der Waals surface area contributed by atoms with Gasteiger partial charge in [-0.2, -0.15) is 0 Å². The lowest BCUT2D eigenvalue weighted by Gasteiger charge is -2.48. The number of hydrogen-bond donors (Lipinski definition) is 9. The van der Waals surface area contributed by atoms with Gasteiger partial charge in [0, 0.05) is 0 Å². The van der Waals surface area contributed by atoms with Gasteiger partial charge in [-0.1, -0.05) is 0 Å². The predicted molar refractivity (Wildman–Crippen MR) is 98.4 cm³/mol. The van der Waals surface area contributed by atoms with E-state index in [1.54, 1.807) is 0 Å². The molecule has 32 heavy (non-hydrogen) atoms. The van der Waals surface area contributed by atoms with Crippen LogP contribution in [0, 0.1) is 0 Å². The van der Waals surface area contributed by atoms with E-state index in [-0.39, 0.29) is 0 Å². The van der Waals surface area contributed by atoms with Gasteiger partial charge in [0.15, 0.2) is 18.9 Å². The Morgan fingerprint density at radius 3 is 1.44 bits per heavy atom. The Labute approximate surface area is 183 Å². The smallest absolute Gasteiger partial charge is 0.187 e. The molecule has 14 heteroatoms. The lowest BCUT2D eigenvalue weighted by atomic mass is 9.96. The minimum absolute atomic E-state index is 0.721. The fraction of sp³-hybridized carbons (Fsp3) is 1.00. The zero-order valence-corrected chi connectivity index (χ0v) is 17.4. The lowest BCUT2D eigenvalue weighted by molar-refractivity contribution is -0.385. The monoisotopic (exact) mass is 472 g/mol. The highest BCUT2D eigenvalue weighted by Gasteiger charge is 2.53. The fourth-order valence-electron chi connectivity index (χ4n) is 3.92. The highest BCUT2D eigenvalue weighted by atomic mass is 16.8. The molecule has 0 saturated carbocycles. The van der Waals surface area contributed by atoms with Crippen LogP contribution in [-0.2, 0) is 23.7 Å². The average Bonchev–Trinajstić information content (AvgIpc) is 2.76. The summed E-state index contributed by atoms with van der Waals surface area (Å²) >= 11 is 0. The molecule has 3 aliphatic heterocycles. The van der Waals surface area contributed by atoms with Gasteiger partial charge in [0.1, 0.15) is 61.0 Å². The van der Waals surface area contributed by atoms with Gasteiger partial charge in [0.05, 0.1) is 18.8 Å². The van der Waals surface area contributed by atoms with Crippen LogP contribution >= 0.6 is 0 Å². The summed E-state index contributed by atoms with van der Waals surface area (Å²) in [6, 6.07) is 0. The van der Waals surface area contributed by atoms with Gasteiger partial charge in [0.25, 0.3) is 0 Å². The predicted octanol–water partition coefficient (Wildman–Crippen LogP) is -5.52. The number of rotatable bonds is 5. The van der Waals surface area contributed by atoms with E-state index in [4.69, 9.17) is 23.7 Å². The molecule has 3 rings (SSSR count). The zero-order valence-electron chi connectivity index (χ0n) is 17.4. The molecule has 0 spiro atoms. The third kappa shape index (κ3) is 4.94. The molecule has 0 radical (unpaired) electrons. The fourth-order valence-corrected chi connectivity index (χ4v) is 3.92. The second kappa shape index (κ2) is 10.4. The van der Waals surface area contributed by atoms with Crippen molar-refractivity contribution < 1.29 is 69.6 Å².